The van der Waals surface area contributed by atoms with Gasteiger partial charge in [0.05, 0.1) is 19.1 Å². The van der Waals surface area contributed by atoms with Crippen molar-refractivity contribution in [2.24, 2.45) is 11.7 Å². The first-order chi connectivity index (χ1) is 8.66. The van der Waals surface area contributed by atoms with Crippen LogP contribution < -0.4 is 11.2 Å². The summed E-state index contributed by atoms with van der Waals surface area (Å²) in [6.45, 7) is 2.52. The lowest BCUT2D eigenvalue weighted by atomic mass is 9.95. The number of ether oxygens (including phenoxy) is 1. The predicted octanol–water partition coefficient (Wildman–Crippen LogP) is 1.02. The van der Waals surface area contributed by atoms with Crippen LogP contribution in [0.4, 0.5) is 0 Å². The lowest BCUT2D eigenvalue weighted by Crippen LogP contribution is -2.36. The van der Waals surface area contributed by atoms with Gasteiger partial charge in [-0.15, -0.1) is 0 Å². The van der Waals surface area contributed by atoms with Crippen LogP contribution >= 0.6 is 0 Å². The maximum Gasteiger partial charge on any atom is 0.248 e. The first-order valence-electron chi connectivity index (χ1n) is 5.88. The van der Waals surface area contributed by atoms with E-state index in [9.17, 15) is 4.79 Å². The highest BCUT2D eigenvalue weighted by Crippen LogP contribution is 2.18. The molecule has 5 heteroatoms. The normalized spacial score (nSPS) is 13.9. The minimum Gasteiger partial charge on any atom is -0.382 e. The van der Waals surface area contributed by atoms with Crippen LogP contribution in [-0.2, 0) is 14.4 Å². The molecule has 1 aromatic rings. The third kappa shape index (κ3) is 4.44. The van der Waals surface area contributed by atoms with Gasteiger partial charge in [0, 0.05) is 13.2 Å². The minimum atomic E-state index is -0.366. The van der Waals surface area contributed by atoms with E-state index >= 15 is 0 Å². The van der Waals surface area contributed by atoms with Gasteiger partial charge in [-0.1, -0.05) is 37.3 Å². The van der Waals surface area contributed by atoms with Crippen LogP contribution in [0.15, 0.2) is 30.3 Å². The number of hydrogen-bond acceptors (Lipinski definition) is 4. The molecule has 2 atom stereocenters. The van der Waals surface area contributed by atoms with Crippen molar-refractivity contribution in [3.8, 4) is 0 Å². The van der Waals surface area contributed by atoms with E-state index in [1.807, 2.05) is 30.3 Å². The zero-order valence-corrected chi connectivity index (χ0v) is 10.8. The molecular weight excluding hydrogens is 232 g/mol. The Morgan fingerprint density at radius 3 is 2.61 bits per heavy atom. The third-order valence-corrected chi connectivity index (χ3v) is 2.70. The molecule has 0 saturated heterocycles. The first kappa shape index (κ1) is 14.6. The zero-order chi connectivity index (χ0) is 13.4. The monoisotopic (exact) mass is 252 g/mol. The standard InChI is InChI=1S/C13H20N2O3/c1-10(13(16)15-18-9-8-17-2)12(14)11-6-4-3-5-7-11/h3-7,10,12H,8-9,14H2,1-2H3,(H,15,16). The van der Waals surface area contributed by atoms with Crippen molar-refractivity contribution in [3.63, 3.8) is 0 Å². The van der Waals surface area contributed by atoms with Gasteiger partial charge in [0.15, 0.2) is 0 Å². The van der Waals surface area contributed by atoms with Crippen LogP contribution in [0.2, 0.25) is 0 Å². The van der Waals surface area contributed by atoms with Gasteiger partial charge in [-0.3, -0.25) is 9.63 Å². The molecule has 5 nitrogen and oxygen atoms in total. The molecule has 0 saturated carbocycles. The molecule has 18 heavy (non-hydrogen) atoms. The highest BCUT2D eigenvalue weighted by Gasteiger charge is 2.22. The van der Waals surface area contributed by atoms with Crippen LogP contribution in [0.5, 0.6) is 0 Å². The average Bonchev–Trinajstić information content (AvgIpc) is 2.42. The quantitative estimate of drug-likeness (QED) is 0.561. The lowest BCUT2D eigenvalue weighted by molar-refractivity contribution is -0.138. The second-order valence-corrected chi connectivity index (χ2v) is 4.03. The number of hydrogen-bond donors (Lipinski definition) is 2. The van der Waals surface area contributed by atoms with Crippen molar-refractivity contribution >= 4 is 5.91 Å². The molecule has 0 spiro atoms. The van der Waals surface area contributed by atoms with E-state index in [1.54, 1.807) is 14.0 Å². The van der Waals surface area contributed by atoms with Crippen LogP contribution in [0, 0.1) is 5.92 Å². The minimum absolute atomic E-state index is 0.234. The molecule has 1 aromatic carbocycles. The highest BCUT2D eigenvalue weighted by atomic mass is 16.7. The summed E-state index contributed by atoms with van der Waals surface area (Å²) in [4.78, 5) is 16.7. The molecule has 2 unspecified atom stereocenters. The van der Waals surface area contributed by atoms with Crippen LogP contribution in [0.3, 0.4) is 0 Å². The fraction of sp³-hybridized carbons (Fsp3) is 0.462. The van der Waals surface area contributed by atoms with Crippen molar-refractivity contribution < 1.29 is 14.4 Å². The van der Waals surface area contributed by atoms with Crippen LogP contribution in [0.1, 0.15) is 18.5 Å². The number of rotatable bonds is 7. The SMILES string of the molecule is COCCONC(=O)C(C)C(N)c1ccccc1. The second kappa shape index (κ2) is 7.81. The lowest BCUT2D eigenvalue weighted by Gasteiger charge is -2.19. The Morgan fingerprint density at radius 1 is 1.33 bits per heavy atom. The van der Waals surface area contributed by atoms with Gasteiger partial charge in [0.2, 0.25) is 5.91 Å². The largest absolute Gasteiger partial charge is 0.382 e. The van der Waals surface area contributed by atoms with Crippen molar-refractivity contribution in [1.82, 2.24) is 5.48 Å². The Kier molecular flexibility index (Phi) is 6.35. The summed E-state index contributed by atoms with van der Waals surface area (Å²) in [5.74, 6) is -0.600. The van der Waals surface area contributed by atoms with Crippen molar-refractivity contribution in [3.05, 3.63) is 35.9 Å². The van der Waals surface area contributed by atoms with Gasteiger partial charge in [-0.05, 0) is 5.56 Å². The van der Waals surface area contributed by atoms with Crippen molar-refractivity contribution in [1.29, 1.82) is 0 Å². The Bertz CT molecular complexity index is 357. The molecule has 0 heterocycles. The summed E-state index contributed by atoms with van der Waals surface area (Å²) in [6, 6.07) is 9.16. The summed E-state index contributed by atoms with van der Waals surface area (Å²) in [5.41, 5.74) is 9.33. The fourth-order valence-electron chi connectivity index (χ4n) is 1.47. The molecule has 0 aromatic heterocycles. The summed E-state index contributed by atoms with van der Waals surface area (Å²) in [7, 11) is 1.57. The topological polar surface area (TPSA) is 73.6 Å². The van der Waals surface area contributed by atoms with Gasteiger partial charge < -0.3 is 10.5 Å². The predicted molar refractivity (Wildman–Crippen MR) is 68.5 cm³/mol. The van der Waals surface area contributed by atoms with E-state index in [4.69, 9.17) is 15.3 Å². The second-order valence-electron chi connectivity index (χ2n) is 4.03. The number of nitrogens with two attached hydrogens (primary N) is 1. The average molecular weight is 252 g/mol. The van der Waals surface area contributed by atoms with Crippen molar-refractivity contribution in [2.75, 3.05) is 20.3 Å². The van der Waals surface area contributed by atoms with Gasteiger partial charge in [-0.2, -0.15) is 0 Å². The molecule has 0 fully saturated rings. The number of nitrogens with one attached hydrogen (secondary N) is 1. The molecule has 0 bridgehead atoms. The number of benzene rings is 1. The number of methoxy groups -OCH3 is 1. The van der Waals surface area contributed by atoms with E-state index < -0.39 is 0 Å². The number of hydroxylamine groups is 1. The molecule has 0 radical (unpaired) electrons. The summed E-state index contributed by atoms with van der Waals surface area (Å²) in [6.07, 6.45) is 0. The molecular formula is C13H20N2O3. The van der Waals surface area contributed by atoms with Gasteiger partial charge in [0.1, 0.15) is 0 Å². The highest BCUT2D eigenvalue weighted by molar-refractivity contribution is 5.78. The third-order valence-electron chi connectivity index (χ3n) is 2.70. The smallest absolute Gasteiger partial charge is 0.248 e. The number of carbonyl (C=O) groups is 1. The number of amides is 1. The Hall–Kier alpha value is -1.43. The molecule has 1 rings (SSSR count). The molecule has 0 aliphatic heterocycles. The van der Waals surface area contributed by atoms with E-state index in [0.29, 0.717) is 13.2 Å². The van der Waals surface area contributed by atoms with Crippen LogP contribution in [-0.4, -0.2) is 26.2 Å². The Morgan fingerprint density at radius 2 is 2.00 bits per heavy atom. The van der Waals surface area contributed by atoms with Gasteiger partial charge >= 0.3 is 0 Å². The summed E-state index contributed by atoms with van der Waals surface area (Å²) in [5, 5.41) is 0. The Balaban J connectivity index is 2.43. The van der Waals surface area contributed by atoms with Crippen molar-refractivity contribution in [2.45, 2.75) is 13.0 Å². The molecule has 3 N–H and O–H groups in total. The van der Waals surface area contributed by atoms with Gasteiger partial charge in [-0.25, -0.2) is 5.48 Å². The molecule has 0 aliphatic rings. The first-order valence-corrected chi connectivity index (χ1v) is 5.88. The molecule has 1 amide bonds. The molecule has 100 valence electrons. The van der Waals surface area contributed by atoms with E-state index in [-0.39, 0.29) is 17.9 Å². The van der Waals surface area contributed by atoms with Gasteiger partial charge in [0.25, 0.3) is 0 Å². The van der Waals surface area contributed by atoms with E-state index in [1.165, 1.54) is 0 Å². The fourth-order valence-corrected chi connectivity index (χ4v) is 1.47. The summed E-state index contributed by atoms with van der Waals surface area (Å²) < 4.78 is 4.80. The van der Waals surface area contributed by atoms with E-state index in [2.05, 4.69) is 5.48 Å². The summed E-state index contributed by atoms with van der Waals surface area (Å²) >= 11 is 0. The van der Waals surface area contributed by atoms with Crippen LogP contribution in [0.25, 0.3) is 0 Å². The maximum atomic E-state index is 11.8. The molecule has 0 aliphatic carbocycles. The van der Waals surface area contributed by atoms with E-state index in [0.717, 1.165) is 5.56 Å². The maximum absolute atomic E-state index is 11.8. The number of carbonyl (C=O) groups excluding carboxylic acids is 1. The zero-order valence-electron chi connectivity index (χ0n) is 10.8. The Labute approximate surface area is 107 Å².